The van der Waals surface area contributed by atoms with Crippen LogP contribution in [0.3, 0.4) is 0 Å². The third kappa shape index (κ3) is 5.24. The number of fused-ring (bicyclic) bond motifs is 7. The van der Waals surface area contributed by atoms with Crippen LogP contribution in [-0.2, 0) is 0 Å². The van der Waals surface area contributed by atoms with Crippen LogP contribution in [0.15, 0.2) is 170 Å². The first-order chi connectivity index (χ1) is 26.2. The van der Waals surface area contributed by atoms with E-state index in [1.54, 1.807) is 0 Å². The van der Waals surface area contributed by atoms with Crippen molar-refractivity contribution in [1.82, 2.24) is 19.5 Å². The maximum Gasteiger partial charge on any atom is 0.238 e. The Kier molecular flexibility index (Phi) is 7.52. The zero-order chi connectivity index (χ0) is 35.3. The first-order valence-electron chi connectivity index (χ1n) is 17.8. The molecule has 250 valence electrons. The maximum absolute atomic E-state index is 5.28. The summed E-state index contributed by atoms with van der Waals surface area (Å²) in [5, 5.41) is 4.73. The molecule has 0 amide bonds. The molecule has 0 aliphatic heterocycles. The number of hydrogen-bond acceptors (Lipinski definition) is 4. The van der Waals surface area contributed by atoms with Gasteiger partial charge in [0, 0.05) is 42.1 Å². The number of thiophene rings is 1. The van der Waals surface area contributed by atoms with Crippen LogP contribution in [0.1, 0.15) is 12.5 Å². The van der Waals surface area contributed by atoms with Crippen LogP contribution in [0, 0.1) is 0 Å². The van der Waals surface area contributed by atoms with Crippen LogP contribution < -0.4 is 0 Å². The van der Waals surface area contributed by atoms with Gasteiger partial charge in [0.2, 0.25) is 5.95 Å². The minimum atomic E-state index is 0.587. The molecule has 0 N–H and O–H groups in total. The Morgan fingerprint density at radius 3 is 1.72 bits per heavy atom. The topological polar surface area (TPSA) is 43.6 Å². The smallest absolute Gasteiger partial charge is 0.238 e. The normalized spacial score (nSPS) is 11.8. The van der Waals surface area contributed by atoms with Crippen LogP contribution in [0.5, 0.6) is 0 Å². The molecule has 5 heteroatoms. The highest BCUT2D eigenvalue weighted by atomic mass is 32.1. The summed E-state index contributed by atoms with van der Waals surface area (Å²) in [6.45, 7) is 2.09. The van der Waals surface area contributed by atoms with Crippen molar-refractivity contribution in [3.8, 4) is 51.0 Å². The van der Waals surface area contributed by atoms with Gasteiger partial charge in [0.15, 0.2) is 11.6 Å². The second kappa shape index (κ2) is 12.8. The van der Waals surface area contributed by atoms with Gasteiger partial charge in [0.25, 0.3) is 0 Å². The van der Waals surface area contributed by atoms with E-state index in [9.17, 15) is 0 Å². The van der Waals surface area contributed by atoms with E-state index in [2.05, 4.69) is 151 Å². The van der Waals surface area contributed by atoms with Crippen molar-refractivity contribution in [2.24, 2.45) is 0 Å². The predicted octanol–water partition coefficient (Wildman–Crippen LogP) is 13.0. The summed E-state index contributed by atoms with van der Waals surface area (Å²) in [5.74, 6) is 1.85. The van der Waals surface area contributed by atoms with Gasteiger partial charge in [-0.15, -0.1) is 11.3 Å². The van der Waals surface area contributed by atoms with Crippen molar-refractivity contribution in [2.75, 3.05) is 0 Å². The number of hydrogen-bond donors (Lipinski definition) is 0. The lowest BCUT2D eigenvalue weighted by Crippen LogP contribution is -2.06. The van der Waals surface area contributed by atoms with Crippen LogP contribution in [-0.4, -0.2) is 19.5 Å². The largest absolute Gasteiger partial charge is 0.277 e. The van der Waals surface area contributed by atoms with Gasteiger partial charge in [-0.2, -0.15) is 9.97 Å². The summed E-state index contributed by atoms with van der Waals surface area (Å²) in [6, 6.07) is 57.5. The molecule has 0 bridgehead atoms. The van der Waals surface area contributed by atoms with Gasteiger partial charge < -0.3 is 0 Å². The molecule has 0 radical (unpaired) electrons. The average Bonchev–Trinajstić information content (AvgIpc) is 3.78. The fourth-order valence-corrected chi connectivity index (χ4v) is 8.88. The fraction of sp³-hybridized carbons (Fsp3) is 0.0208. The molecule has 0 unspecified atom stereocenters. The minimum absolute atomic E-state index is 0.587. The van der Waals surface area contributed by atoms with Crippen LogP contribution in [0.2, 0.25) is 0 Å². The molecule has 0 spiro atoms. The van der Waals surface area contributed by atoms with Crippen LogP contribution in [0.25, 0.3) is 99.0 Å². The van der Waals surface area contributed by atoms with E-state index < -0.39 is 0 Å². The number of rotatable bonds is 6. The Morgan fingerprint density at radius 2 is 1.09 bits per heavy atom. The lowest BCUT2D eigenvalue weighted by Gasteiger charge is -2.12. The molecule has 0 fully saturated rings. The Labute approximate surface area is 311 Å². The highest BCUT2D eigenvalue weighted by Gasteiger charge is 2.24. The Morgan fingerprint density at radius 1 is 0.491 bits per heavy atom. The van der Waals surface area contributed by atoms with Crippen molar-refractivity contribution in [3.63, 3.8) is 0 Å². The number of nitrogens with zero attached hydrogens (tertiary/aromatic N) is 4. The van der Waals surface area contributed by atoms with E-state index in [0.29, 0.717) is 17.6 Å². The standard InChI is InChI=1S/C48H32N4S/c1-2-16-36-30-40-39-29-35(31-17-7-3-8-18-31)27-28-41(39)52(43(40)42-38-26-15-25-37(45(38)53-44(36)42)32-19-9-4-10-20-32)48-50-46(33-21-11-5-12-22-33)49-47(51-48)34-23-13-6-14-24-34/h2-30H,1H3. The van der Waals surface area contributed by atoms with Crippen molar-refractivity contribution in [2.45, 2.75) is 6.92 Å². The number of allylic oxidation sites excluding steroid dienone is 1. The summed E-state index contributed by atoms with van der Waals surface area (Å²) in [6.07, 6.45) is 4.38. The lowest BCUT2D eigenvalue weighted by atomic mass is 9.99. The number of benzene rings is 7. The average molecular weight is 697 g/mol. The Bertz CT molecular complexity index is 2920. The second-order valence-corrected chi connectivity index (χ2v) is 14.2. The molecule has 7 aromatic carbocycles. The molecule has 0 saturated carbocycles. The van der Waals surface area contributed by atoms with Gasteiger partial charge in [-0.05, 0) is 52.9 Å². The van der Waals surface area contributed by atoms with Gasteiger partial charge in [0.1, 0.15) is 0 Å². The van der Waals surface area contributed by atoms with Crippen molar-refractivity contribution < 1.29 is 0 Å². The molecule has 53 heavy (non-hydrogen) atoms. The minimum Gasteiger partial charge on any atom is -0.277 e. The SMILES string of the molecule is CC=Cc1cc2c3cc(-c4ccccc4)ccc3n(-c3nc(-c4ccccc4)nc(-c4ccccc4)n3)c2c2c1sc1c(-c3ccccc3)cccc12. The van der Waals surface area contributed by atoms with Crippen molar-refractivity contribution in [3.05, 3.63) is 175 Å². The molecule has 3 heterocycles. The van der Waals surface area contributed by atoms with Gasteiger partial charge in [-0.1, -0.05) is 158 Å². The molecule has 0 atom stereocenters. The summed E-state index contributed by atoms with van der Waals surface area (Å²) in [7, 11) is 0. The highest BCUT2D eigenvalue weighted by molar-refractivity contribution is 7.26. The van der Waals surface area contributed by atoms with Crippen LogP contribution >= 0.6 is 11.3 Å². The zero-order valence-corrected chi connectivity index (χ0v) is 29.8. The third-order valence-electron chi connectivity index (χ3n) is 9.95. The van der Waals surface area contributed by atoms with Gasteiger partial charge >= 0.3 is 0 Å². The van der Waals surface area contributed by atoms with Crippen molar-refractivity contribution in [1.29, 1.82) is 0 Å². The van der Waals surface area contributed by atoms with E-state index in [1.165, 1.54) is 42.4 Å². The van der Waals surface area contributed by atoms with E-state index >= 15 is 0 Å². The number of aromatic nitrogens is 4. The molecular formula is C48H32N4S. The van der Waals surface area contributed by atoms with E-state index in [-0.39, 0.29) is 0 Å². The van der Waals surface area contributed by atoms with E-state index in [4.69, 9.17) is 15.0 Å². The predicted molar refractivity (Wildman–Crippen MR) is 224 cm³/mol. The van der Waals surface area contributed by atoms with Crippen molar-refractivity contribution >= 4 is 59.4 Å². The summed E-state index contributed by atoms with van der Waals surface area (Å²) >= 11 is 1.86. The molecule has 0 aliphatic carbocycles. The fourth-order valence-electron chi connectivity index (χ4n) is 7.55. The third-order valence-corrected chi connectivity index (χ3v) is 11.2. The Hall–Kier alpha value is -6.69. The molecule has 10 rings (SSSR count). The Balaban J connectivity index is 1.38. The molecule has 0 saturated heterocycles. The zero-order valence-electron chi connectivity index (χ0n) is 28.9. The molecule has 0 aliphatic rings. The molecule has 4 nitrogen and oxygen atoms in total. The monoisotopic (exact) mass is 696 g/mol. The maximum atomic E-state index is 5.28. The van der Waals surface area contributed by atoms with Gasteiger partial charge in [0.05, 0.1) is 11.0 Å². The molecule has 10 aromatic rings. The quantitative estimate of drug-likeness (QED) is 0.174. The summed E-state index contributed by atoms with van der Waals surface area (Å²) in [5.41, 5.74) is 9.99. The van der Waals surface area contributed by atoms with Gasteiger partial charge in [-0.25, -0.2) is 4.98 Å². The van der Waals surface area contributed by atoms with Gasteiger partial charge in [-0.3, -0.25) is 4.57 Å². The van der Waals surface area contributed by atoms with Crippen LogP contribution in [0.4, 0.5) is 0 Å². The molecular weight excluding hydrogens is 665 g/mol. The second-order valence-electron chi connectivity index (χ2n) is 13.2. The summed E-state index contributed by atoms with van der Waals surface area (Å²) in [4.78, 5) is 15.6. The first-order valence-corrected chi connectivity index (χ1v) is 18.6. The highest BCUT2D eigenvalue weighted by Crippen LogP contribution is 2.48. The van der Waals surface area contributed by atoms with E-state index in [1.807, 2.05) is 47.7 Å². The summed E-state index contributed by atoms with van der Waals surface area (Å²) < 4.78 is 4.78. The molecule has 3 aromatic heterocycles. The van der Waals surface area contributed by atoms with E-state index in [0.717, 1.165) is 38.5 Å². The first kappa shape index (κ1) is 31.1. The lowest BCUT2D eigenvalue weighted by molar-refractivity contribution is 0.955.